The minimum Gasteiger partial charge on any atom is -0.479 e. The maximum absolute atomic E-state index is 13.9. The van der Waals surface area contributed by atoms with E-state index in [9.17, 15) is 13.6 Å². The van der Waals surface area contributed by atoms with Crippen LogP contribution in [0, 0.1) is 18.6 Å². The number of hydrogen-bond donors (Lipinski definition) is 1. The molecule has 196 valence electrons. The number of halogens is 2. The van der Waals surface area contributed by atoms with Crippen molar-refractivity contribution in [2.75, 3.05) is 45.9 Å². The molecule has 0 saturated carbocycles. The van der Waals surface area contributed by atoms with Crippen LogP contribution in [-0.4, -0.2) is 73.8 Å². The first-order chi connectivity index (χ1) is 17.5. The van der Waals surface area contributed by atoms with Crippen molar-refractivity contribution in [3.05, 3.63) is 65.2 Å². The van der Waals surface area contributed by atoms with E-state index in [1.165, 1.54) is 24.5 Å². The largest absolute Gasteiger partial charge is 0.479 e. The molecule has 2 aliphatic heterocycles. The van der Waals surface area contributed by atoms with E-state index in [-0.39, 0.29) is 17.8 Å². The summed E-state index contributed by atoms with van der Waals surface area (Å²) in [5.41, 5.74) is 2.30. The van der Waals surface area contributed by atoms with Gasteiger partial charge in [0, 0.05) is 45.4 Å². The highest BCUT2D eigenvalue weighted by molar-refractivity contribution is 5.81. The summed E-state index contributed by atoms with van der Waals surface area (Å²) in [5, 5.41) is 3.00. The van der Waals surface area contributed by atoms with Gasteiger partial charge in [0.05, 0.1) is 6.10 Å². The topological polar surface area (TPSA) is 54.0 Å². The molecule has 2 saturated heterocycles. The molecule has 2 atom stereocenters. The first kappa shape index (κ1) is 26.5. The standard InChI is InChI=1S/C28H37F2N3O3/c1-21-6-4-7-22(16-21)18-33(19-24-8-5-15-35-24)20-27(36-23-9-10-25(29)26(30)17-23)28(34)31-11-14-32-12-2-3-13-32/h4,6-7,9-10,16-17,24,27H,2-3,5,8,11-15,18-20H2,1H3,(H,31,34)/t24-,27+/m0/s1. The summed E-state index contributed by atoms with van der Waals surface area (Å²) in [6.07, 6.45) is 3.58. The Morgan fingerprint density at radius 1 is 1.17 bits per heavy atom. The van der Waals surface area contributed by atoms with Gasteiger partial charge in [-0.15, -0.1) is 0 Å². The van der Waals surface area contributed by atoms with E-state index in [0.29, 0.717) is 26.2 Å². The van der Waals surface area contributed by atoms with Crippen LogP contribution in [0.5, 0.6) is 5.75 Å². The Morgan fingerprint density at radius 2 is 2.00 bits per heavy atom. The maximum Gasteiger partial charge on any atom is 0.262 e. The molecule has 4 rings (SSSR count). The van der Waals surface area contributed by atoms with Gasteiger partial charge in [-0.2, -0.15) is 0 Å². The highest BCUT2D eigenvalue weighted by atomic mass is 19.2. The minimum absolute atomic E-state index is 0.0944. The Kier molecular flexibility index (Phi) is 9.67. The SMILES string of the molecule is Cc1cccc(CN(C[C@@H]2CCCO2)C[C@@H](Oc2ccc(F)c(F)c2)C(=O)NCCN2CCCC2)c1. The zero-order valence-electron chi connectivity index (χ0n) is 21.1. The van der Waals surface area contributed by atoms with Gasteiger partial charge in [0.25, 0.3) is 5.91 Å². The summed E-state index contributed by atoms with van der Waals surface area (Å²) in [6.45, 7) is 7.78. The summed E-state index contributed by atoms with van der Waals surface area (Å²) in [4.78, 5) is 17.8. The maximum atomic E-state index is 13.9. The van der Waals surface area contributed by atoms with Crippen LogP contribution in [0.2, 0.25) is 0 Å². The van der Waals surface area contributed by atoms with Crippen LogP contribution in [0.1, 0.15) is 36.8 Å². The van der Waals surface area contributed by atoms with Crippen LogP contribution < -0.4 is 10.1 Å². The normalized spacial score (nSPS) is 19.1. The molecule has 36 heavy (non-hydrogen) atoms. The molecule has 8 heteroatoms. The van der Waals surface area contributed by atoms with Gasteiger partial charge < -0.3 is 19.7 Å². The van der Waals surface area contributed by atoms with Crippen molar-refractivity contribution >= 4 is 5.91 Å². The molecule has 0 aliphatic carbocycles. The Labute approximate surface area is 212 Å². The van der Waals surface area contributed by atoms with E-state index in [1.54, 1.807) is 0 Å². The van der Waals surface area contributed by atoms with Gasteiger partial charge in [-0.25, -0.2) is 8.78 Å². The van der Waals surface area contributed by atoms with Gasteiger partial charge in [0.2, 0.25) is 0 Å². The number of nitrogens with zero attached hydrogens (tertiary/aromatic N) is 2. The summed E-state index contributed by atoms with van der Waals surface area (Å²) in [5.74, 6) is -2.09. The number of likely N-dealkylation sites (tertiary alicyclic amines) is 1. The van der Waals surface area contributed by atoms with Crippen molar-refractivity contribution in [1.29, 1.82) is 0 Å². The highest BCUT2D eigenvalue weighted by Crippen LogP contribution is 2.20. The zero-order chi connectivity index (χ0) is 25.3. The van der Waals surface area contributed by atoms with Gasteiger partial charge in [0.15, 0.2) is 17.7 Å². The van der Waals surface area contributed by atoms with E-state index in [0.717, 1.165) is 56.8 Å². The van der Waals surface area contributed by atoms with Crippen molar-refractivity contribution in [2.24, 2.45) is 0 Å². The lowest BCUT2D eigenvalue weighted by atomic mass is 10.1. The van der Waals surface area contributed by atoms with E-state index in [1.807, 2.05) is 6.07 Å². The average molecular weight is 502 g/mol. The van der Waals surface area contributed by atoms with Crippen molar-refractivity contribution < 1.29 is 23.0 Å². The number of carbonyl (C=O) groups is 1. The van der Waals surface area contributed by atoms with Gasteiger partial charge in [-0.3, -0.25) is 9.69 Å². The number of aryl methyl sites for hydroxylation is 1. The highest BCUT2D eigenvalue weighted by Gasteiger charge is 2.27. The molecule has 1 amide bonds. The summed E-state index contributed by atoms with van der Waals surface area (Å²) in [6, 6.07) is 11.6. The molecular weight excluding hydrogens is 464 g/mol. The van der Waals surface area contributed by atoms with Gasteiger partial charge in [0.1, 0.15) is 5.75 Å². The van der Waals surface area contributed by atoms with Crippen LogP contribution in [0.4, 0.5) is 8.78 Å². The van der Waals surface area contributed by atoms with Gasteiger partial charge in [-0.1, -0.05) is 29.8 Å². The molecule has 0 aromatic heterocycles. The summed E-state index contributed by atoms with van der Waals surface area (Å²) >= 11 is 0. The monoisotopic (exact) mass is 501 g/mol. The third kappa shape index (κ3) is 7.98. The molecule has 2 aromatic rings. The molecule has 6 nitrogen and oxygen atoms in total. The van der Waals surface area contributed by atoms with E-state index in [2.05, 4.69) is 40.2 Å². The fourth-order valence-electron chi connectivity index (χ4n) is 4.93. The molecule has 0 spiro atoms. The number of rotatable bonds is 12. The second kappa shape index (κ2) is 13.1. The van der Waals surface area contributed by atoms with Crippen molar-refractivity contribution in [2.45, 2.75) is 51.4 Å². The van der Waals surface area contributed by atoms with E-state index in [4.69, 9.17) is 9.47 Å². The number of hydrogen-bond acceptors (Lipinski definition) is 5. The Balaban J connectivity index is 1.48. The lowest BCUT2D eigenvalue weighted by Gasteiger charge is -2.29. The summed E-state index contributed by atoms with van der Waals surface area (Å²) in [7, 11) is 0. The fourth-order valence-corrected chi connectivity index (χ4v) is 4.93. The third-order valence-electron chi connectivity index (χ3n) is 6.79. The minimum atomic E-state index is -1.00. The zero-order valence-corrected chi connectivity index (χ0v) is 21.1. The van der Waals surface area contributed by atoms with Gasteiger partial charge >= 0.3 is 0 Å². The quantitative estimate of drug-likeness (QED) is 0.478. The van der Waals surface area contributed by atoms with E-state index < -0.39 is 17.7 Å². The Bertz CT molecular complexity index is 994. The van der Waals surface area contributed by atoms with Crippen LogP contribution in [0.3, 0.4) is 0 Å². The lowest BCUT2D eigenvalue weighted by molar-refractivity contribution is -0.129. The second-order valence-corrected chi connectivity index (χ2v) is 9.84. The Morgan fingerprint density at radius 3 is 2.72 bits per heavy atom. The molecule has 0 radical (unpaired) electrons. The molecule has 2 aromatic carbocycles. The van der Waals surface area contributed by atoms with Crippen molar-refractivity contribution in [1.82, 2.24) is 15.1 Å². The van der Waals surface area contributed by atoms with E-state index >= 15 is 0 Å². The predicted molar refractivity (Wildman–Crippen MR) is 135 cm³/mol. The molecule has 0 bridgehead atoms. The van der Waals surface area contributed by atoms with Gasteiger partial charge in [-0.05, 0) is 63.4 Å². The fraction of sp³-hybridized carbons (Fsp3) is 0.536. The lowest BCUT2D eigenvalue weighted by Crippen LogP contribution is -2.48. The number of ether oxygens (including phenoxy) is 2. The second-order valence-electron chi connectivity index (χ2n) is 9.84. The average Bonchev–Trinajstić information content (AvgIpc) is 3.55. The first-order valence-electron chi connectivity index (χ1n) is 13.0. The molecule has 0 unspecified atom stereocenters. The molecule has 2 aliphatic rings. The first-order valence-corrected chi connectivity index (χ1v) is 13.0. The van der Waals surface area contributed by atoms with Crippen molar-refractivity contribution in [3.8, 4) is 5.75 Å². The number of nitrogens with one attached hydrogen (secondary N) is 1. The predicted octanol–water partition coefficient (Wildman–Crippen LogP) is 3.91. The number of amides is 1. The van der Waals surface area contributed by atoms with Crippen molar-refractivity contribution in [3.63, 3.8) is 0 Å². The van der Waals surface area contributed by atoms with Crippen LogP contribution in [-0.2, 0) is 16.1 Å². The smallest absolute Gasteiger partial charge is 0.262 e. The van der Waals surface area contributed by atoms with Crippen LogP contribution in [0.25, 0.3) is 0 Å². The van der Waals surface area contributed by atoms with Crippen LogP contribution in [0.15, 0.2) is 42.5 Å². The molecule has 2 heterocycles. The molecule has 1 N–H and O–H groups in total. The summed E-state index contributed by atoms with van der Waals surface area (Å²) < 4.78 is 39.2. The molecular formula is C28H37F2N3O3. The number of carbonyl (C=O) groups excluding carboxylic acids is 1. The van der Waals surface area contributed by atoms with Crippen LogP contribution >= 0.6 is 0 Å². The third-order valence-corrected chi connectivity index (χ3v) is 6.79. The Hall–Kier alpha value is -2.55. The number of benzene rings is 2. The molecule has 2 fully saturated rings.